The first-order valence-corrected chi connectivity index (χ1v) is 5.65. The Bertz CT molecular complexity index is 265. The molecule has 1 fully saturated rings. The molecule has 0 saturated heterocycles. The van der Waals surface area contributed by atoms with Crippen LogP contribution in [0.5, 0.6) is 0 Å². The average Bonchev–Trinajstić information content (AvgIpc) is 2.63. The highest BCUT2D eigenvalue weighted by molar-refractivity contribution is 5.71. The third-order valence-corrected chi connectivity index (χ3v) is 2.65. The Hall–Kier alpha value is -1.26. The first-order valence-electron chi connectivity index (χ1n) is 5.65. The van der Waals surface area contributed by atoms with Gasteiger partial charge in [0, 0.05) is 6.04 Å². The Morgan fingerprint density at radius 2 is 2.12 bits per heavy atom. The molecule has 2 N–H and O–H groups in total. The third-order valence-electron chi connectivity index (χ3n) is 2.65. The summed E-state index contributed by atoms with van der Waals surface area (Å²) in [5.41, 5.74) is 0. The van der Waals surface area contributed by atoms with Crippen LogP contribution in [0.25, 0.3) is 0 Å². The summed E-state index contributed by atoms with van der Waals surface area (Å²) in [6.45, 7) is 4.31. The van der Waals surface area contributed by atoms with E-state index in [1.807, 2.05) is 13.8 Å². The number of carbonyl (C=O) groups excluding carboxylic acids is 1. The van der Waals surface area contributed by atoms with E-state index in [9.17, 15) is 9.59 Å². The molecule has 1 saturated carbocycles. The van der Waals surface area contributed by atoms with Gasteiger partial charge in [-0.2, -0.15) is 0 Å². The number of carboxylic acids is 1. The van der Waals surface area contributed by atoms with E-state index in [4.69, 9.17) is 9.84 Å². The van der Waals surface area contributed by atoms with Crippen LogP contribution in [0.2, 0.25) is 0 Å². The van der Waals surface area contributed by atoms with Crippen LogP contribution < -0.4 is 5.32 Å². The molecule has 2 atom stereocenters. The quantitative estimate of drug-likeness (QED) is 0.768. The lowest BCUT2D eigenvalue weighted by molar-refractivity contribution is -0.141. The maximum atomic E-state index is 11.3. The number of nitrogens with one attached hydrogen (secondary N) is 1. The van der Waals surface area contributed by atoms with Crippen LogP contribution in [0, 0.1) is 11.8 Å². The number of aliphatic carboxylic acids is 1. The Morgan fingerprint density at radius 3 is 2.62 bits per heavy atom. The summed E-state index contributed by atoms with van der Waals surface area (Å²) in [5, 5.41) is 11.5. The standard InChI is InChI=1S/C11H19NO4/c1-7(2)6-16-11(15)12-9-4-3-8(5-9)10(13)14/h7-9H,3-6H2,1-2H3,(H,12,15)(H,13,14). The van der Waals surface area contributed by atoms with Gasteiger partial charge in [0.1, 0.15) is 0 Å². The highest BCUT2D eigenvalue weighted by Crippen LogP contribution is 2.25. The minimum absolute atomic E-state index is 0.0548. The fourth-order valence-electron chi connectivity index (χ4n) is 1.79. The number of rotatable bonds is 4. The molecule has 5 nitrogen and oxygen atoms in total. The number of hydrogen-bond donors (Lipinski definition) is 2. The van der Waals surface area contributed by atoms with Crippen LogP contribution in [-0.4, -0.2) is 29.8 Å². The molecular formula is C11H19NO4. The Kier molecular flexibility index (Phi) is 4.58. The summed E-state index contributed by atoms with van der Waals surface area (Å²) in [6.07, 6.45) is 1.41. The molecule has 0 spiro atoms. The van der Waals surface area contributed by atoms with Crippen molar-refractivity contribution in [3.05, 3.63) is 0 Å². The van der Waals surface area contributed by atoms with Gasteiger partial charge >= 0.3 is 12.1 Å². The largest absolute Gasteiger partial charge is 0.481 e. The van der Waals surface area contributed by atoms with Crippen LogP contribution in [0.15, 0.2) is 0 Å². The van der Waals surface area contributed by atoms with Gasteiger partial charge in [0.2, 0.25) is 0 Å². The van der Waals surface area contributed by atoms with Gasteiger partial charge in [-0.25, -0.2) is 4.79 Å². The van der Waals surface area contributed by atoms with Gasteiger partial charge in [-0.15, -0.1) is 0 Å². The molecule has 0 aliphatic heterocycles. The molecule has 0 bridgehead atoms. The molecule has 0 aromatic carbocycles. The lowest BCUT2D eigenvalue weighted by Crippen LogP contribution is -2.34. The van der Waals surface area contributed by atoms with Gasteiger partial charge < -0.3 is 15.2 Å². The monoisotopic (exact) mass is 229 g/mol. The Morgan fingerprint density at radius 1 is 1.44 bits per heavy atom. The summed E-state index contributed by atoms with van der Waals surface area (Å²) in [4.78, 5) is 22.0. The predicted molar refractivity (Wildman–Crippen MR) is 58.1 cm³/mol. The van der Waals surface area contributed by atoms with Crippen molar-refractivity contribution in [2.75, 3.05) is 6.61 Å². The second-order valence-electron chi connectivity index (χ2n) is 4.68. The Labute approximate surface area is 95.2 Å². The first-order chi connectivity index (χ1) is 7.49. The van der Waals surface area contributed by atoms with E-state index in [0.717, 1.165) is 0 Å². The van der Waals surface area contributed by atoms with Gasteiger partial charge in [-0.1, -0.05) is 13.8 Å². The van der Waals surface area contributed by atoms with E-state index in [1.165, 1.54) is 0 Å². The van der Waals surface area contributed by atoms with Crippen molar-refractivity contribution in [3.63, 3.8) is 0 Å². The van der Waals surface area contributed by atoms with Gasteiger partial charge in [-0.3, -0.25) is 4.79 Å². The molecule has 1 aliphatic rings. The summed E-state index contributed by atoms with van der Waals surface area (Å²) in [5.74, 6) is -0.795. The molecule has 1 amide bonds. The van der Waals surface area contributed by atoms with Crippen LogP contribution in [-0.2, 0) is 9.53 Å². The van der Waals surface area contributed by atoms with Crippen molar-refractivity contribution in [1.82, 2.24) is 5.32 Å². The molecule has 1 rings (SSSR count). The SMILES string of the molecule is CC(C)COC(=O)NC1CCC(C(=O)O)C1. The van der Waals surface area contributed by atoms with Crippen molar-refractivity contribution in [2.24, 2.45) is 11.8 Å². The molecular weight excluding hydrogens is 210 g/mol. The molecule has 1 aliphatic carbocycles. The second-order valence-corrected chi connectivity index (χ2v) is 4.68. The normalized spacial score (nSPS) is 24.4. The van der Waals surface area contributed by atoms with Crippen molar-refractivity contribution < 1.29 is 19.4 Å². The smallest absolute Gasteiger partial charge is 0.407 e. The van der Waals surface area contributed by atoms with E-state index >= 15 is 0 Å². The lowest BCUT2D eigenvalue weighted by Gasteiger charge is -2.13. The van der Waals surface area contributed by atoms with Crippen LogP contribution in [0.1, 0.15) is 33.1 Å². The average molecular weight is 229 g/mol. The maximum Gasteiger partial charge on any atom is 0.407 e. The molecule has 92 valence electrons. The fraction of sp³-hybridized carbons (Fsp3) is 0.818. The van der Waals surface area contributed by atoms with Crippen molar-refractivity contribution in [2.45, 2.75) is 39.2 Å². The Balaban J connectivity index is 2.23. The van der Waals surface area contributed by atoms with Crippen molar-refractivity contribution in [3.8, 4) is 0 Å². The summed E-state index contributed by atoms with van der Waals surface area (Å²) in [6, 6.07) is -0.0548. The van der Waals surface area contributed by atoms with Crippen LogP contribution >= 0.6 is 0 Å². The molecule has 5 heteroatoms. The molecule has 0 aromatic rings. The summed E-state index contributed by atoms with van der Waals surface area (Å²) >= 11 is 0. The molecule has 0 radical (unpaired) electrons. The number of alkyl carbamates (subject to hydrolysis) is 1. The minimum Gasteiger partial charge on any atom is -0.481 e. The van der Waals surface area contributed by atoms with E-state index < -0.39 is 12.1 Å². The summed E-state index contributed by atoms with van der Waals surface area (Å²) in [7, 11) is 0. The molecule has 0 heterocycles. The zero-order valence-corrected chi connectivity index (χ0v) is 9.73. The molecule has 16 heavy (non-hydrogen) atoms. The van der Waals surface area contributed by atoms with Crippen LogP contribution in [0.3, 0.4) is 0 Å². The second kappa shape index (κ2) is 5.72. The van der Waals surface area contributed by atoms with Gasteiger partial charge in [0.05, 0.1) is 12.5 Å². The van der Waals surface area contributed by atoms with E-state index in [2.05, 4.69) is 5.32 Å². The fourth-order valence-corrected chi connectivity index (χ4v) is 1.79. The maximum absolute atomic E-state index is 11.3. The first kappa shape index (κ1) is 12.8. The number of amides is 1. The highest BCUT2D eigenvalue weighted by Gasteiger charge is 2.30. The zero-order chi connectivity index (χ0) is 12.1. The number of carbonyl (C=O) groups is 2. The lowest BCUT2D eigenvalue weighted by atomic mass is 10.1. The number of hydrogen-bond acceptors (Lipinski definition) is 3. The van der Waals surface area contributed by atoms with Gasteiger partial charge in [0.25, 0.3) is 0 Å². The third kappa shape index (κ3) is 4.08. The van der Waals surface area contributed by atoms with Crippen molar-refractivity contribution in [1.29, 1.82) is 0 Å². The molecule has 0 aromatic heterocycles. The highest BCUT2D eigenvalue weighted by atomic mass is 16.5. The van der Waals surface area contributed by atoms with E-state index in [1.54, 1.807) is 0 Å². The predicted octanol–water partition coefficient (Wildman–Crippen LogP) is 1.62. The van der Waals surface area contributed by atoms with Crippen molar-refractivity contribution >= 4 is 12.1 Å². The minimum atomic E-state index is -0.778. The van der Waals surface area contributed by atoms with Gasteiger partial charge in [0.15, 0.2) is 0 Å². The van der Waals surface area contributed by atoms with Gasteiger partial charge in [-0.05, 0) is 25.2 Å². The van der Waals surface area contributed by atoms with E-state index in [-0.39, 0.29) is 12.0 Å². The van der Waals surface area contributed by atoms with Crippen LogP contribution in [0.4, 0.5) is 4.79 Å². The van der Waals surface area contributed by atoms with E-state index in [0.29, 0.717) is 31.8 Å². The zero-order valence-electron chi connectivity index (χ0n) is 9.73. The summed E-state index contributed by atoms with van der Waals surface area (Å²) < 4.78 is 4.96. The number of carboxylic acid groups (broad SMARTS) is 1. The topological polar surface area (TPSA) is 75.6 Å². The molecule has 2 unspecified atom stereocenters. The number of ether oxygens (including phenoxy) is 1.